The Hall–Kier alpha value is -4.07. The molecule has 3 aromatic rings. The van der Waals surface area contributed by atoms with E-state index in [4.69, 9.17) is 4.74 Å². The zero-order valence-corrected chi connectivity index (χ0v) is 21.5. The van der Waals surface area contributed by atoms with Crippen molar-refractivity contribution in [1.82, 2.24) is 14.9 Å². The quantitative estimate of drug-likeness (QED) is 0.400. The Morgan fingerprint density at radius 2 is 1.56 bits per heavy atom. The summed E-state index contributed by atoms with van der Waals surface area (Å²) in [4.78, 5) is 32.8. The standard InChI is InChI=1S/C17H18N2O.C11H16N4O/c1-13(14-7-5-4-6-8-14)19-17(18-2)15-9-11-16(20-3)12-10-15;1-2-10(16)14-6-8-15(9-7-14)11-12-4-3-5-13-11/h4-12H,1-3H3;3-5H,2,6-9H2,1H3. The first-order chi connectivity index (χ1) is 17.5. The molecule has 0 radical (unpaired) electrons. The third-order valence-corrected chi connectivity index (χ3v) is 5.80. The second-order valence-electron chi connectivity index (χ2n) is 8.11. The maximum Gasteiger partial charge on any atom is 0.225 e. The molecule has 1 fully saturated rings. The number of methoxy groups -OCH3 is 1. The molecule has 0 aliphatic carbocycles. The Balaban J connectivity index is 0.000000205. The van der Waals surface area contributed by atoms with Gasteiger partial charge in [-0.15, -0.1) is 0 Å². The van der Waals surface area contributed by atoms with Gasteiger partial charge in [0, 0.05) is 63.3 Å². The molecule has 2 heterocycles. The van der Waals surface area contributed by atoms with Crippen molar-refractivity contribution >= 4 is 23.4 Å². The third-order valence-electron chi connectivity index (χ3n) is 5.80. The van der Waals surface area contributed by atoms with Crippen molar-refractivity contribution < 1.29 is 9.53 Å². The number of hydrogen-bond acceptors (Lipinski definition) is 6. The summed E-state index contributed by atoms with van der Waals surface area (Å²) in [5.41, 5.74) is 3.02. The summed E-state index contributed by atoms with van der Waals surface area (Å²) in [6.45, 7) is 7.06. The number of benzene rings is 2. The molecule has 4 rings (SSSR count). The molecule has 0 unspecified atom stereocenters. The second kappa shape index (κ2) is 13.7. The fourth-order valence-corrected chi connectivity index (χ4v) is 3.72. The molecule has 0 N–H and O–H groups in total. The van der Waals surface area contributed by atoms with Crippen molar-refractivity contribution in [3.05, 3.63) is 84.2 Å². The number of amidine groups is 1. The first kappa shape index (κ1) is 26.5. The Morgan fingerprint density at radius 1 is 0.917 bits per heavy atom. The van der Waals surface area contributed by atoms with Gasteiger partial charge < -0.3 is 14.5 Å². The highest BCUT2D eigenvalue weighted by Gasteiger charge is 2.21. The summed E-state index contributed by atoms with van der Waals surface area (Å²) < 4.78 is 5.16. The number of nitrogens with zero attached hydrogens (tertiary/aromatic N) is 6. The summed E-state index contributed by atoms with van der Waals surface area (Å²) in [6, 6.07) is 19.6. The highest BCUT2D eigenvalue weighted by molar-refractivity contribution is 6.11. The predicted molar refractivity (Wildman–Crippen MR) is 145 cm³/mol. The Morgan fingerprint density at radius 3 is 2.11 bits per heavy atom. The average Bonchev–Trinajstić information content (AvgIpc) is 2.96. The van der Waals surface area contributed by atoms with Gasteiger partial charge >= 0.3 is 0 Å². The maximum absolute atomic E-state index is 11.5. The largest absolute Gasteiger partial charge is 0.497 e. The number of rotatable bonds is 5. The number of carbonyl (C=O) groups is 1. The molecule has 1 aromatic heterocycles. The van der Waals surface area contributed by atoms with Crippen molar-refractivity contribution in [2.24, 2.45) is 9.98 Å². The maximum atomic E-state index is 11.5. The zero-order chi connectivity index (χ0) is 25.8. The lowest BCUT2D eigenvalue weighted by atomic mass is 10.1. The summed E-state index contributed by atoms with van der Waals surface area (Å²) in [5.74, 6) is 2.53. The molecule has 0 atom stereocenters. The lowest BCUT2D eigenvalue weighted by Gasteiger charge is -2.34. The number of anilines is 1. The normalized spacial score (nSPS) is 14.1. The van der Waals surface area contributed by atoms with Crippen LogP contribution in [0.25, 0.3) is 0 Å². The number of ether oxygens (including phenoxy) is 1. The monoisotopic (exact) mass is 486 g/mol. The lowest BCUT2D eigenvalue weighted by Crippen LogP contribution is -2.49. The topological polar surface area (TPSA) is 83.3 Å². The summed E-state index contributed by atoms with van der Waals surface area (Å²) in [7, 11) is 3.41. The van der Waals surface area contributed by atoms with Crippen LogP contribution in [0, 0.1) is 0 Å². The average molecular weight is 487 g/mol. The number of aliphatic imine (C=N–C) groups is 2. The molecule has 2 aromatic carbocycles. The SMILES string of the molecule is CCC(=O)N1CCN(c2ncccn2)CC1.CN=C(N=C(C)c1ccccc1)c1ccc(OC)cc1. The highest BCUT2D eigenvalue weighted by Crippen LogP contribution is 2.13. The Kier molecular flexibility index (Phi) is 10.1. The molecular weight excluding hydrogens is 452 g/mol. The van der Waals surface area contributed by atoms with Crippen LogP contribution in [-0.4, -0.2) is 72.7 Å². The number of aromatic nitrogens is 2. The zero-order valence-electron chi connectivity index (χ0n) is 21.5. The highest BCUT2D eigenvalue weighted by atomic mass is 16.5. The van der Waals surface area contributed by atoms with Gasteiger partial charge in [0.25, 0.3) is 0 Å². The van der Waals surface area contributed by atoms with E-state index in [0.29, 0.717) is 12.3 Å². The van der Waals surface area contributed by atoms with Crippen molar-refractivity contribution in [1.29, 1.82) is 0 Å². The van der Waals surface area contributed by atoms with E-state index < -0.39 is 0 Å². The molecule has 8 heteroatoms. The third kappa shape index (κ3) is 7.46. The molecule has 1 aliphatic heterocycles. The van der Waals surface area contributed by atoms with E-state index in [1.807, 2.05) is 73.3 Å². The molecule has 0 saturated carbocycles. The van der Waals surface area contributed by atoms with Crippen LogP contribution in [0.15, 0.2) is 83.0 Å². The van der Waals surface area contributed by atoms with Crippen LogP contribution in [-0.2, 0) is 4.79 Å². The molecule has 0 bridgehead atoms. The molecular formula is C28H34N6O2. The van der Waals surface area contributed by atoms with E-state index in [9.17, 15) is 4.79 Å². The summed E-state index contributed by atoms with van der Waals surface area (Å²) >= 11 is 0. The van der Waals surface area contributed by atoms with E-state index in [-0.39, 0.29) is 5.91 Å². The van der Waals surface area contributed by atoms with Gasteiger partial charge in [-0.1, -0.05) is 37.3 Å². The van der Waals surface area contributed by atoms with Crippen LogP contribution >= 0.6 is 0 Å². The first-order valence-corrected chi connectivity index (χ1v) is 12.1. The molecule has 36 heavy (non-hydrogen) atoms. The van der Waals surface area contributed by atoms with Crippen LogP contribution < -0.4 is 9.64 Å². The van der Waals surface area contributed by atoms with Crippen molar-refractivity contribution in [2.75, 3.05) is 45.2 Å². The smallest absolute Gasteiger partial charge is 0.225 e. The fraction of sp³-hybridized carbons (Fsp3) is 0.321. The molecule has 1 aliphatic rings. The molecule has 8 nitrogen and oxygen atoms in total. The minimum Gasteiger partial charge on any atom is -0.497 e. The molecule has 188 valence electrons. The number of amides is 1. The molecule has 1 amide bonds. The Bertz CT molecular complexity index is 1140. The van der Waals surface area contributed by atoms with E-state index in [2.05, 4.69) is 24.9 Å². The number of piperazine rings is 1. The summed E-state index contributed by atoms with van der Waals surface area (Å²) in [6.07, 6.45) is 4.07. The van der Waals surface area contributed by atoms with Gasteiger partial charge in [0.2, 0.25) is 11.9 Å². The predicted octanol–water partition coefficient (Wildman–Crippen LogP) is 4.12. The van der Waals surface area contributed by atoms with Gasteiger partial charge in [-0.2, -0.15) is 0 Å². The van der Waals surface area contributed by atoms with Crippen molar-refractivity contribution in [3.8, 4) is 5.75 Å². The van der Waals surface area contributed by atoms with E-state index in [1.165, 1.54) is 0 Å². The van der Waals surface area contributed by atoms with Crippen LogP contribution in [0.2, 0.25) is 0 Å². The van der Waals surface area contributed by atoms with Crippen LogP contribution in [0.5, 0.6) is 5.75 Å². The van der Waals surface area contributed by atoms with Gasteiger partial charge in [0.05, 0.1) is 7.11 Å². The minimum atomic E-state index is 0.230. The van der Waals surface area contributed by atoms with Gasteiger partial charge in [-0.25, -0.2) is 15.0 Å². The first-order valence-electron chi connectivity index (χ1n) is 12.1. The van der Waals surface area contributed by atoms with Crippen molar-refractivity contribution in [2.45, 2.75) is 20.3 Å². The second-order valence-corrected chi connectivity index (χ2v) is 8.11. The van der Waals surface area contributed by atoms with Gasteiger partial charge in [0.15, 0.2) is 5.84 Å². The van der Waals surface area contributed by atoms with Gasteiger partial charge in [-0.3, -0.25) is 9.79 Å². The number of hydrogen-bond donors (Lipinski definition) is 0. The molecule has 1 saturated heterocycles. The van der Waals surface area contributed by atoms with Gasteiger partial charge in [-0.05, 0) is 42.8 Å². The van der Waals surface area contributed by atoms with Crippen LogP contribution in [0.4, 0.5) is 5.95 Å². The van der Waals surface area contributed by atoms with Crippen molar-refractivity contribution in [3.63, 3.8) is 0 Å². The minimum absolute atomic E-state index is 0.230. The van der Waals surface area contributed by atoms with E-state index >= 15 is 0 Å². The van der Waals surface area contributed by atoms with Crippen LogP contribution in [0.1, 0.15) is 31.4 Å². The Labute approximate surface area is 213 Å². The number of carbonyl (C=O) groups excluding carboxylic acids is 1. The van der Waals surface area contributed by atoms with E-state index in [0.717, 1.165) is 54.7 Å². The lowest BCUT2D eigenvalue weighted by molar-refractivity contribution is -0.131. The molecule has 0 spiro atoms. The fourth-order valence-electron chi connectivity index (χ4n) is 3.72. The summed E-state index contributed by atoms with van der Waals surface area (Å²) in [5, 5.41) is 0. The van der Waals surface area contributed by atoms with E-state index in [1.54, 1.807) is 32.6 Å². The van der Waals surface area contributed by atoms with Crippen LogP contribution in [0.3, 0.4) is 0 Å². The van der Waals surface area contributed by atoms with Gasteiger partial charge in [0.1, 0.15) is 5.75 Å².